The molecule has 10 heteroatoms. The summed E-state index contributed by atoms with van der Waals surface area (Å²) < 4.78 is 40.4. The van der Waals surface area contributed by atoms with E-state index in [0.717, 1.165) is 4.88 Å². The standard InChI is InChI=1S/C18H22F3N3O2S.HI/c1-3-22-17(24-11-16-12(2)8-9-27-16)23-10-15(25)13-4-6-14(7-5-13)26-18(19,20)21;/h4-9,15,25H,3,10-11H2,1-2H3,(H2,22,23,24);1H. The quantitative estimate of drug-likeness (QED) is 0.284. The summed E-state index contributed by atoms with van der Waals surface area (Å²) in [5.41, 5.74) is 1.66. The SMILES string of the molecule is CCNC(=NCc1sccc1C)NCC(O)c1ccc(OC(F)(F)F)cc1.I. The van der Waals surface area contributed by atoms with Gasteiger partial charge in [0, 0.05) is 18.0 Å². The smallest absolute Gasteiger partial charge is 0.406 e. The molecule has 0 aliphatic rings. The van der Waals surface area contributed by atoms with Gasteiger partial charge in [-0.1, -0.05) is 12.1 Å². The number of nitrogens with zero attached hydrogens (tertiary/aromatic N) is 1. The maximum Gasteiger partial charge on any atom is 0.573 e. The molecule has 2 rings (SSSR count). The second kappa shape index (κ2) is 11.5. The molecule has 1 unspecified atom stereocenters. The molecule has 0 spiro atoms. The van der Waals surface area contributed by atoms with Crippen LogP contribution in [0.1, 0.15) is 29.0 Å². The van der Waals surface area contributed by atoms with E-state index < -0.39 is 12.5 Å². The molecule has 0 amide bonds. The second-order valence-electron chi connectivity index (χ2n) is 5.74. The fraction of sp³-hybridized carbons (Fsp3) is 0.389. The molecular weight excluding hydrogens is 506 g/mol. The zero-order chi connectivity index (χ0) is 19.9. The predicted octanol–water partition coefficient (Wildman–Crippen LogP) is 4.36. The summed E-state index contributed by atoms with van der Waals surface area (Å²) in [7, 11) is 0. The normalized spacial score (nSPS) is 12.9. The van der Waals surface area contributed by atoms with Crippen molar-refractivity contribution in [2.75, 3.05) is 13.1 Å². The fourth-order valence-corrected chi connectivity index (χ4v) is 3.09. The van der Waals surface area contributed by atoms with E-state index in [4.69, 9.17) is 0 Å². The van der Waals surface area contributed by atoms with Crippen LogP contribution in [0.3, 0.4) is 0 Å². The number of aryl methyl sites for hydroxylation is 1. The Balaban J connectivity index is 0.00000392. The first-order valence-electron chi connectivity index (χ1n) is 8.37. The van der Waals surface area contributed by atoms with E-state index in [1.54, 1.807) is 11.3 Å². The number of aliphatic hydroxyl groups is 1. The van der Waals surface area contributed by atoms with Crippen LogP contribution in [0, 0.1) is 6.92 Å². The molecule has 1 aromatic carbocycles. The lowest BCUT2D eigenvalue weighted by Crippen LogP contribution is -2.39. The molecule has 1 atom stereocenters. The molecule has 1 heterocycles. The van der Waals surface area contributed by atoms with E-state index in [1.807, 2.05) is 25.3 Å². The van der Waals surface area contributed by atoms with Crippen LogP contribution in [0.25, 0.3) is 0 Å². The van der Waals surface area contributed by atoms with E-state index in [-0.39, 0.29) is 36.3 Å². The number of halogens is 4. The van der Waals surface area contributed by atoms with Crippen LogP contribution in [0.15, 0.2) is 40.7 Å². The molecule has 2 aromatic rings. The third-order valence-corrected chi connectivity index (χ3v) is 4.66. The number of alkyl halides is 3. The minimum atomic E-state index is -4.74. The highest BCUT2D eigenvalue weighted by atomic mass is 127. The third-order valence-electron chi connectivity index (χ3n) is 3.65. The monoisotopic (exact) mass is 529 g/mol. The number of thiophene rings is 1. The maximum atomic E-state index is 12.2. The Kier molecular flexibility index (Phi) is 10.0. The highest BCUT2D eigenvalue weighted by Crippen LogP contribution is 2.24. The molecule has 0 saturated heterocycles. The Morgan fingerprint density at radius 1 is 1.21 bits per heavy atom. The van der Waals surface area contributed by atoms with Crippen molar-refractivity contribution in [3.63, 3.8) is 0 Å². The van der Waals surface area contributed by atoms with Gasteiger partial charge in [0.2, 0.25) is 0 Å². The number of benzene rings is 1. The van der Waals surface area contributed by atoms with Gasteiger partial charge in [0.1, 0.15) is 5.75 Å². The van der Waals surface area contributed by atoms with E-state index in [0.29, 0.717) is 24.6 Å². The molecule has 156 valence electrons. The van der Waals surface area contributed by atoms with Gasteiger partial charge in [0.25, 0.3) is 0 Å². The van der Waals surface area contributed by atoms with Gasteiger partial charge >= 0.3 is 6.36 Å². The number of ether oxygens (including phenoxy) is 1. The van der Waals surface area contributed by atoms with Crippen molar-refractivity contribution >= 4 is 41.3 Å². The number of hydrogen-bond donors (Lipinski definition) is 3. The lowest BCUT2D eigenvalue weighted by Gasteiger charge is -2.16. The first-order chi connectivity index (χ1) is 12.8. The lowest BCUT2D eigenvalue weighted by atomic mass is 10.1. The minimum absolute atomic E-state index is 0. The van der Waals surface area contributed by atoms with E-state index in [9.17, 15) is 18.3 Å². The molecule has 1 aromatic heterocycles. The van der Waals surface area contributed by atoms with Crippen LogP contribution in [0.2, 0.25) is 0 Å². The van der Waals surface area contributed by atoms with Gasteiger partial charge in [-0.25, -0.2) is 4.99 Å². The zero-order valence-electron chi connectivity index (χ0n) is 15.4. The number of aliphatic imine (C=N–C) groups is 1. The highest BCUT2D eigenvalue weighted by Gasteiger charge is 2.31. The summed E-state index contributed by atoms with van der Waals surface area (Å²) >= 11 is 1.63. The van der Waals surface area contributed by atoms with Crippen molar-refractivity contribution < 1.29 is 23.0 Å². The van der Waals surface area contributed by atoms with Crippen molar-refractivity contribution in [2.24, 2.45) is 4.99 Å². The molecule has 0 radical (unpaired) electrons. The van der Waals surface area contributed by atoms with Crippen LogP contribution < -0.4 is 15.4 Å². The summed E-state index contributed by atoms with van der Waals surface area (Å²) in [5.74, 6) is 0.231. The number of guanidine groups is 1. The Morgan fingerprint density at radius 3 is 2.43 bits per heavy atom. The molecule has 5 nitrogen and oxygen atoms in total. The average Bonchev–Trinajstić information content (AvgIpc) is 3.01. The minimum Gasteiger partial charge on any atom is -0.406 e. The second-order valence-corrected chi connectivity index (χ2v) is 6.74. The van der Waals surface area contributed by atoms with E-state index >= 15 is 0 Å². The fourth-order valence-electron chi connectivity index (χ4n) is 2.26. The van der Waals surface area contributed by atoms with Crippen molar-refractivity contribution in [1.82, 2.24) is 10.6 Å². The molecule has 0 aliphatic carbocycles. The highest BCUT2D eigenvalue weighted by molar-refractivity contribution is 14.0. The van der Waals surface area contributed by atoms with E-state index in [2.05, 4.69) is 20.4 Å². The summed E-state index contributed by atoms with van der Waals surface area (Å²) in [6.07, 6.45) is -5.64. The molecule has 0 saturated carbocycles. The Bertz CT molecular complexity index is 751. The largest absolute Gasteiger partial charge is 0.573 e. The van der Waals surface area contributed by atoms with Crippen LogP contribution in [0.4, 0.5) is 13.2 Å². The van der Waals surface area contributed by atoms with Gasteiger partial charge in [-0.2, -0.15) is 0 Å². The van der Waals surface area contributed by atoms with Gasteiger partial charge in [-0.15, -0.1) is 48.5 Å². The van der Waals surface area contributed by atoms with Crippen molar-refractivity contribution in [3.8, 4) is 5.75 Å². The van der Waals surface area contributed by atoms with Gasteiger partial charge in [0.05, 0.1) is 12.6 Å². The number of nitrogens with one attached hydrogen (secondary N) is 2. The lowest BCUT2D eigenvalue weighted by molar-refractivity contribution is -0.274. The van der Waals surface area contributed by atoms with Crippen LogP contribution in [-0.4, -0.2) is 30.5 Å². The summed E-state index contributed by atoms with van der Waals surface area (Å²) in [6, 6.07) is 7.17. The molecule has 0 bridgehead atoms. The molecule has 28 heavy (non-hydrogen) atoms. The topological polar surface area (TPSA) is 65.9 Å². The summed E-state index contributed by atoms with van der Waals surface area (Å²) in [6.45, 7) is 5.31. The van der Waals surface area contributed by atoms with Crippen molar-refractivity contribution in [1.29, 1.82) is 0 Å². The average molecular weight is 529 g/mol. The van der Waals surface area contributed by atoms with Crippen molar-refractivity contribution in [2.45, 2.75) is 32.9 Å². The van der Waals surface area contributed by atoms with Gasteiger partial charge in [-0.05, 0) is 48.6 Å². The van der Waals surface area contributed by atoms with Crippen LogP contribution >= 0.6 is 35.3 Å². The summed E-state index contributed by atoms with van der Waals surface area (Å²) in [4.78, 5) is 5.65. The third kappa shape index (κ3) is 8.23. The van der Waals surface area contributed by atoms with E-state index in [1.165, 1.54) is 29.8 Å². The summed E-state index contributed by atoms with van der Waals surface area (Å²) in [5, 5.41) is 18.4. The van der Waals surface area contributed by atoms with Crippen LogP contribution in [-0.2, 0) is 6.54 Å². The van der Waals surface area contributed by atoms with Crippen molar-refractivity contribution in [3.05, 3.63) is 51.7 Å². The Labute approximate surface area is 183 Å². The Hall–Kier alpha value is -1.53. The zero-order valence-corrected chi connectivity index (χ0v) is 18.6. The van der Waals surface area contributed by atoms with Gasteiger partial charge < -0.3 is 20.5 Å². The molecule has 3 N–H and O–H groups in total. The number of hydrogen-bond acceptors (Lipinski definition) is 4. The van der Waals surface area contributed by atoms with Gasteiger partial charge in [0.15, 0.2) is 5.96 Å². The molecular formula is C18H23F3IN3O2S. The number of rotatable bonds is 7. The first-order valence-corrected chi connectivity index (χ1v) is 9.25. The van der Waals surface area contributed by atoms with Gasteiger partial charge in [-0.3, -0.25) is 0 Å². The maximum absolute atomic E-state index is 12.2. The van der Waals surface area contributed by atoms with Crippen LogP contribution in [0.5, 0.6) is 5.75 Å². The molecule has 0 aliphatic heterocycles. The molecule has 0 fully saturated rings. The predicted molar refractivity (Wildman–Crippen MR) is 115 cm³/mol. The number of aliphatic hydroxyl groups excluding tert-OH is 1. The first kappa shape index (κ1) is 24.5. The Morgan fingerprint density at radius 2 is 1.89 bits per heavy atom.